The predicted octanol–water partition coefficient (Wildman–Crippen LogP) is -2.90. The third-order valence-electron chi connectivity index (χ3n) is 1.56. The molecule has 10 heavy (non-hydrogen) atoms. The number of aliphatic carboxylic acids is 1. The molecule has 1 rings (SSSR count). The molecule has 50 valence electrons. The smallest absolute Gasteiger partial charge is 0.550 e. The minimum atomic E-state index is -0.939. The number of carbonyl (C=O) groups excluding carboxylic acids is 1. The van der Waals surface area contributed by atoms with Crippen LogP contribution < -0.4 is 56.5 Å². The van der Waals surface area contributed by atoms with E-state index in [0.29, 0.717) is 0 Å². The summed E-state index contributed by atoms with van der Waals surface area (Å²) in [5.74, 6) is -1.26. The molecule has 2 nitrogen and oxygen atoms in total. The van der Waals surface area contributed by atoms with Crippen molar-refractivity contribution in [2.45, 2.75) is 19.3 Å². The van der Waals surface area contributed by atoms with Gasteiger partial charge in [0.15, 0.2) is 0 Å². The molecule has 0 fully saturated rings. The molecule has 0 spiro atoms. The van der Waals surface area contributed by atoms with Crippen molar-refractivity contribution in [3.8, 4) is 0 Å². The van der Waals surface area contributed by atoms with Crippen LogP contribution in [0.1, 0.15) is 19.3 Å². The van der Waals surface area contributed by atoms with Crippen LogP contribution in [0.15, 0.2) is 12.2 Å². The largest absolute Gasteiger partial charge is 1.00 e. The standard InChI is InChI=1S/C7H10O2.K/c8-7(9)6-4-2-1-3-5-6;/h2,4,6H,1,3,5H2,(H,8,9);/q;+1/p-1. The van der Waals surface area contributed by atoms with Crippen molar-refractivity contribution >= 4 is 5.97 Å². The van der Waals surface area contributed by atoms with E-state index < -0.39 is 5.97 Å². The SMILES string of the molecule is O=C([O-])C1C=CCCC1.[K+]. The molecule has 0 aromatic rings. The second-order valence-electron chi connectivity index (χ2n) is 2.28. The van der Waals surface area contributed by atoms with Gasteiger partial charge in [-0.05, 0) is 19.3 Å². The molecule has 0 aromatic heterocycles. The van der Waals surface area contributed by atoms with E-state index in [4.69, 9.17) is 0 Å². The van der Waals surface area contributed by atoms with Gasteiger partial charge in [-0.2, -0.15) is 0 Å². The van der Waals surface area contributed by atoms with Crippen molar-refractivity contribution in [2.24, 2.45) is 5.92 Å². The van der Waals surface area contributed by atoms with Gasteiger partial charge in [0, 0.05) is 11.9 Å². The Morgan fingerprint density at radius 3 is 2.60 bits per heavy atom. The molecule has 1 aliphatic rings. The van der Waals surface area contributed by atoms with Crippen LogP contribution in [0.5, 0.6) is 0 Å². The van der Waals surface area contributed by atoms with Crippen molar-refractivity contribution < 1.29 is 61.3 Å². The van der Waals surface area contributed by atoms with Crippen LogP contribution in [-0.4, -0.2) is 5.97 Å². The average molecular weight is 164 g/mol. The van der Waals surface area contributed by atoms with Gasteiger partial charge >= 0.3 is 51.4 Å². The summed E-state index contributed by atoms with van der Waals surface area (Å²) in [7, 11) is 0. The number of hydrogen-bond donors (Lipinski definition) is 0. The van der Waals surface area contributed by atoms with E-state index in [-0.39, 0.29) is 57.3 Å². The van der Waals surface area contributed by atoms with Gasteiger partial charge in [-0.25, -0.2) is 0 Å². The zero-order chi connectivity index (χ0) is 6.69. The summed E-state index contributed by atoms with van der Waals surface area (Å²) in [5.41, 5.74) is 0. The van der Waals surface area contributed by atoms with E-state index in [1.807, 2.05) is 6.08 Å². The molecule has 3 heteroatoms. The molecule has 0 N–H and O–H groups in total. The molecule has 1 unspecified atom stereocenters. The van der Waals surface area contributed by atoms with Crippen LogP contribution in [0, 0.1) is 5.92 Å². The number of carboxylic acids is 1. The van der Waals surface area contributed by atoms with Gasteiger partial charge < -0.3 is 9.90 Å². The third kappa shape index (κ3) is 3.30. The van der Waals surface area contributed by atoms with Crippen molar-refractivity contribution in [1.29, 1.82) is 0 Å². The normalized spacial score (nSPS) is 23.4. The predicted molar refractivity (Wildman–Crippen MR) is 31.5 cm³/mol. The maximum absolute atomic E-state index is 10.2. The summed E-state index contributed by atoms with van der Waals surface area (Å²) in [6, 6.07) is 0. The van der Waals surface area contributed by atoms with Crippen LogP contribution in [0.3, 0.4) is 0 Å². The van der Waals surface area contributed by atoms with E-state index in [0.717, 1.165) is 19.3 Å². The Morgan fingerprint density at radius 1 is 1.60 bits per heavy atom. The second-order valence-corrected chi connectivity index (χ2v) is 2.28. The van der Waals surface area contributed by atoms with Crippen LogP contribution in [-0.2, 0) is 4.79 Å². The molecule has 0 radical (unpaired) electrons. The summed E-state index contributed by atoms with van der Waals surface area (Å²) in [6.07, 6.45) is 6.38. The van der Waals surface area contributed by atoms with Gasteiger partial charge in [0.1, 0.15) is 0 Å². The van der Waals surface area contributed by atoms with Crippen molar-refractivity contribution in [2.75, 3.05) is 0 Å². The Hall–Kier alpha value is 0.846. The topological polar surface area (TPSA) is 40.1 Å². The van der Waals surface area contributed by atoms with Gasteiger partial charge in [-0.15, -0.1) is 0 Å². The first-order valence-corrected chi connectivity index (χ1v) is 3.18. The first kappa shape index (κ1) is 10.8. The Morgan fingerprint density at radius 2 is 2.30 bits per heavy atom. The van der Waals surface area contributed by atoms with Crippen molar-refractivity contribution in [1.82, 2.24) is 0 Å². The molecule has 0 saturated carbocycles. The maximum atomic E-state index is 10.2. The average Bonchev–Trinajstić information content (AvgIpc) is 1.90. The number of carboxylic acid groups (broad SMARTS) is 1. The zero-order valence-electron chi connectivity index (χ0n) is 6.17. The number of hydrogen-bond acceptors (Lipinski definition) is 2. The zero-order valence-corrected chi connectivity index (χ0v) is 9.29. The molecule has 0 saturated heterocycles. The quantitative estimate of drug-likeness (QED) is 0.308. The number of rotatable bonds is 1. The number of allylic oxidation sites excluding steroid dienone is 1. The summed E-state index contributed by atoms with van der Waals surface area (Å²) in [4.78, 5) is 10.2. The van der Waals surface area contributed by atoms with Gasteiger partial charge in [-0.1, -0.05) is 12.2 Å². The van der Waals surface area contributed by atoms with Gasteiger partial charge in [0.2, 0.25) is 0 Å². The first-order chi connectivity index (χ1) is 4.30. The Labute approximate surface area is 103 Å². The first-order valence-electron chi connectivity index (χ1n) is 3.18. The van der Waals surface area contributed by atoms with Crippen LogP contribution in [0.25, 0.3) is 0 Å². The molecule has 1 atom stereocenters. The summed E-state index contributed by atoms with van der Waals surface area (Å²) in [5, 5.41) is 10.2. The van der Waals surface area contributed by atoms with Crippen LogP contribution >= 0.6 is 0 Å². The van der Waals surface area contributed by atoms with Crippen LogP contribution in [0.2, 0.25) is 0 Å². The van der Waals surface area contributed by atoms with Gasteiger partial charge in [0.25, 0.3) is 0 Å². The summed E-state index contributed by atoms with van der Waals surface area (Å²) < 4.78 is 0. The molecular formula is C7H9KO2. The molecule has 0 heterocycles. The van der Waals surface area contributed by atoms with Crippen molar-refractivity contribution in [3.05, 3.63) is 12.2 Å². The fourth-order valence-electron chi connectivity index (χ4n) is 1.01. The molecule has 0 aliphatic heterocycles. The maximum Gasteiger partial charge on any atom is 1.00 e. The van der Waals surface area contributed by atoms with Crippen molar-refractivity contribution in [3.63, 3.8) is 0 Å². The number of carbonyl (C=O) groups is 1. The molecule has 0 aromatic carbocycles. The Balaban J connectivity index is 0.000000810. The summed E-state index contributed by atoms with van der Waals surface area (Å²) in [6.45, 7) is 0. The van der Waals surface area contributed by atoms with E-state index >= 15 is 0 Å². The fraction of sp³-hybridized carbons (Fsp3) is 0.571. The monoisotopic (exact) mass is 164 g/mol. The van der Waals surface area contributed by atoms with Gasteiger partial charge in [-0.3, -0.25) is 0 Å². The molecular weight excluding hydrogens is 155 g/mol. The minimum absolute atomic E-state index is 0. The van der Waals surface area contributed by atoms with E-state index in [1.165, 1.54) is 0 Å². The molecule has 1 aliphatic carbocycles. The van der Waals surface area contributed by atoms with Crippen LogP contribution in [0.4, 0.5) is 0 Å². The molecule has 0 amide bonds. The minimum Gasteiger partial charge on any atom is -0.550 e. The van der Waals surface area contributed by atoms with E-state index in [2.05, 4.69) is 0 Å². The Bertz CT molecular complexity index is 143. The summed E-state index contributed by atoms with van der Waals surface area (Å²) >= 11 is 0. The van der Waals surface area contributed by atoms with Gasteiger partial charge in [0.05, 0.1) is 0 Å². The van der Waals surface area contributed by atoms with E-state index in [1.54, 1.807) is 6.08 Å². The molecule has 0 bridgehead atoms. The fourth-order valence-corrected chi connectivity index (χ4v) is 1.01. The third-order valence-corrected chi connectivity index (χ3v) is 1.56. The Kier molecular flexibility index (Phi) is 5.96. The van der Waals surface area contributed by atoms with E-state index in [9.17, 15) is 9.90 Å². The second kappa shape index (κ2) is 5.49.